The van der Waals surface area contributed by atoms with Gasteiger partial charge in [-0.3, -0.25) is 0 Å². The highest BCUT2D eigenvalue weighted by atomic mass is 35.5. The Morgan fingerprint density at radius 3 is 2.65 bits per heavy atom. The van der Waals surface area contributed by atoms with Crippen LogP contribution in [0.2, 0.25) is 0 Å². The molecule has 1 heterocycles. The molecule has 0 N–H and O–H groups in total. The van der Waals surface area contributed by atoms with Crippen molar-refractivity contribution in [3.05, 3.63) is 65.5 Å². The molecular formula is C17H17ClN2. The predicted octanol–water partition coefficient (Wildman–Crippen LogP) is 4.17. The predicted molar refractivity (Wildman–Crippen MR) is 84.4 cm³/mol. The van der Waals surface area contributed by atoms with Crippen LogP contribution in [0.25, 0.3) is 11.0 Å². The second kappa shape index (κ2) is 5.68. The molecule has 3 heteroatoms. The number of rotatable bonds is 4. The molecule has 0 fully saturated rings. The minimum atomic E-state index is 0.594. The molecule has 0 aliphatic carbocycles. The van der Waals surface area contributed by atoms with Crippen molar-refractivity contribution in [2.45, 2.75) is 19.9 Å². The van der Waals surface area contributed by atoms with Crippen LogP contribution in [-0.4, -0.2) is 15.4 Å². The number of halogens is 1. The van der Waals surface area contributed by atoms with Crippen LogP contribution in [0, 0.1) is 6.92 Å². The van der Waals surface area contributed by atoms with Gasteiger partial charge in [-0.05, 0) is 30.2 Å². The maximum absolute atomic E-state index is 5.92. The van der Waals surface area contributed by atoms with Gasteiger partial charge in [0.1, 0.15) is 5.82 Å². The third-order valence-electron chi connectivity index (χ3n) is 3.48. The van der Waals surface area contributed by atoms with E-state index in [4.69, 9.17) is 16.6 Å². The molecule has 0 spiro atoms. The third kappa shape index (κ3) is 2.56. The zero-order valence-electron chi connectivity index (χ0n) is 11.5. The lowest BCUT2D eigenvalue weighted by atomic mass is 10.2. The lowest BCUT2D eigenvalue weighted by Crippen LogP contribution is -2.05. The lowest BCUT2D eigenvalue weighted by Gasteiger charge is -2.08. The van der Waals surface area contributed by atoms with Crippen LogP contribution in [-0.2, 0) is 13.0 Å². The number of hydrogen-bond donors (Lipinski definition) is 0. The Kier molecular flexibility index (Phi) is 3.75. The van der Waals surface area contributed by atoms with E-state index >= 15 is 0 Å². The molecule has 1 aromatic heterocycles. The summed E-state index contributed by atoms with van der Waals surface area (Å²) in [6, 6.07) is 16.9. The van der Waals surface area contributed by atoms with Gasteiger partial charge in [-0.2, -0.15) is 0 Å². The number of benzene rings is 2. The molecule has 2 nitrogen and oxygen atoms in total. The Morgan fingerprint density at radius 2 is 1.90 bits per heavy atom. The van der Waals surface area contributed by atoms with E-state index in [2.05, 4.69) is 54.0 Å². The average molecular weight is 285 g/mol. The summed E-state index contributed by atoms with van der Waals surface area (Å²) in [4.78, 5) is 4.74. The molecule has 0 unspecified atom stereocenters. The fourth-order valence-electron chi connectivity index (χ4n) is 2.51. The van der Waals surface area contributed by atoms with Gasteiger partial charge in [0.15, 0.2) is 0 Å². The van der Waals surface area contributed by atoms with E-state index in [1.54, 1.807) is 0 Å². The monoisotopic (exact) mass is 284 g/mol. The molecular weight excluding hydrogens is 268 g/mol. The summed E-state index contributed by atoms with van der Waals surface area (Å²) in [6.07, 6.45) is 0.794. The molecule has 0 saturated carbocycles. The number of aryl methyl sites for hydroxylation is 2. The first-order valence-electron chi connectivity index (χ1n) is 6.83. The highest BCUT2D eigenvalue weighted by molar-refractivity contribution is 6.17. The molecule has 0 radical (unpaired) electrons. The minimum absolute atomic E-state index is 0.594. The molecule has 3 aromatic rings. The number of nitrogens with zero attached hydrogens (tertiary/aromatic N) is 2. The van der Waals surface area contributed by atoms with Gasteiger partial charge in [0.25, 0.3) is 0 Å². The Morgan fingerprint density at radius 1 is 1.10 bits per heavy atom. The van der Waals surface area contributed by atoms with Crippen LogP contribution >= 0.6 is 11.6 Å². The van der Waals surface area contributed by atoms with Crippen LogP contribution < -0.4 is 0 Å². The Bertz CT molecular complexity index is 716. The van der Waals surface area contributed by atoms with E-state index < -0.39 is 0 Å². The quantitative estimate of drug-likeness (QED) is 0.657. The summed E-state index contributed by atoms with van der Waals surface area (Å²) in [5, 5.41) is 0. The highest BCUT2D eigenvalue weighted by Gasteiger charge is 2.10. The maximum Gasteiger partial charge on any atom is 0.111 e. The van der Waals surface area contributed by atoms with Gasteiger partial charge in [-0.25, -0.2) is 4.98 Å². The molecule has 102 valence electrons. The second-order valence-electron chi connectivity index (χ2n) is 5.03. The van der Waals surface area contributed by atoms with Crippen molar-refractivity contribution in [1.82, 2.24) is 9.55 Å². The van der Waals surface area contributed by atoms with Gasteiger partial charge in [-0.1, -0.05) is 36.4 Å². The van der Waals surface area contributed by atoms with Gasteiger partial charge in [0.05, 0.1) is 11.0 Å². The smallest absolute Gasteiger partial charge is 0.111 e. The summed E-state index contributed by atoms with van der Waals surface area (Å²) in [5.41, 5.74) is 4.75. The summed E-state index contributed by atoms with van der Waals surface area (Å²) in [5.74, 6) is 1.65. The first-order valence-corrected chi connectivity index (χ1v) is 7.37. The Hall–Kier alpha value is -1.80. The van der Waals surface area contributed by atoms with Crippen molar-refractivity contribution in [2.75, 3.05) is 5.88 Å². The van der Waals surface area contributed by atoms with E-state index in [-0.39, 0.29) is 0 Å². The molecule has 0 bridgehead atoms. The van der Waals surface area contributed by atoms with Crippen LogP contribution in [0.15, 0.2) is 48.5 Å². The number of fused-ring (bicyclic) bond motifs is 1. The topological polar surface area (TPSA) is 17.8 Å². The normalized spacial score (nSPS) is 11.1. The van der Waals surface area contributed by atoms with Crippen molar-refractivity contribution in [2.24, 2.45) is 0 Å². The number of imidazole rings is 1. The van der Waals surface area contributed by atoms with Crippen LogP contribution in [0.1, 0.15) is 17.0 Å². The number of aromatic nitrogens is 2. The highest BCUT2D eigenvalue weighted by Crippen LogP contribution is 2.20. The average Bonchev–Trinajstić information content (AvgIpc) is 2.77. The van der Waals surface area contributed by atoms with E-state index in [9.17, 15) is 0 Å². The van der Waals surface area contributed by atoms with Gasteiger partial charge in [0.2, 0.25) is 0 Å². The summed E-state index contributed by atoms with van der Waals surface area (Å²) >= 11 is 5.92. The maximum atomic E-state index is 5.92. The lowest BCUT2D eigenvalue weighted by molar-refractivity contribution is 0.754. The van der Waals surface area contributed by atoms with Gasteiger partial charge >= 0.3 is 0 Å². The van der Waals surface area contributed by atoms with Gasteiger partial charge < -0.3 is 4.57 Å². The summed E-state index contributed by atoms with van der Waals surface area (Å²) in [7, 11) is 0. The fraction of sp³-hybridized carbons (Fsp3) is 0.235. The first kappa shape index (κ1) is 13.2. The van der Waals surface area contributed by atoms with Crippen molar-refractivity contribution in [1.29, 1.82) is 0 Å². The molecule has 0 atom stereocenters. The van der Waals surface area contributed by atoms with Crippen LogP contribution in [0.5, 0.6) is 0 Å². The molecule has 0 aliphatic heterocycles. The Balaban J connectivity index is 2.09. The first-order chi connectivity index (χ1) is 9.78. The van der Waals surface area contributed by atoms with Crippen molar-refractivity contribution in [3.63, 3.8) is 0 Å². The minimum Gasteiger partial charge on any atom is -0.323 e. The molecule has 0 saturated heterocycles. The number of hydrogen-bond acceptors (Lipinski definition) is 1. The molecule has 0 amide bonds. The zero-order valence-corrected chi connectivity index (χ0v) is 12.3. The van der Waals surface area contributed by atoms with Crippen molar-refractivity contribution < 1.29 is 0 Å². The summed E-state index contributed by atoms with van der Waals surface area (Å²) in [6.45, 7) is 2.93. The van der Waals surface area contributed by atoms with E-state index in [1.807, 2.05) is 6.07 Å². The van der Waals surface area contributed by atoms with Crippen molar-refractivity contribution in [3.8, 4) is 0 Å². The second-order valence-corrected chi connectivity index (χ2v) is 5.41. The van der Waals surface area contributed by atoms with Gasteiger partial charge in [-0.15, -0.1) is 11.6 Å². The zero-order chi connectivity index (χ0) is 13.9. The van der Waals surface area contributed by atoms with Crippen LogP contribution in [0.3, 0.4) is 0 Å². The van der Waals surface area contributed by atoms with E-state index in [0.717, 1.165) is 24.3 Å². The van der Waals surface area contributed by atoms with Crippen LogP contribution in [0.4, 0.5) is 0 Å². The summed E-state index contributed by atoms with van der Waals surface area (Å²) < 4.78 is 2.27. The van der Waals surface area contributed by atoms with Crippen molar-refractivity contribution >= 4 is 22.6 Å². The largest absolute Gasteiger partial charge is 0.323 e. The third-order valence-corrected chi connectivity index (χ3v) is 3.67. The molecule has 2 aromatic carbocycles. The van der Waals surface area contributed by atoms with E-state index in [0.29, 0.717) is 5.88 Å². The molecule has 20 heavy (non-hydrogen) atoms. The molecule has 0 aliphatic rings. The fourth-order valence-corrected chi connectivity index (χ4v) is 2.68. The van der Waals surface area contributed by atoms with Gasteiger partial charge in [0, 0.05) is 18.8 Å². The number of alkyl halides is 1. The molecule has 3 rings (SSSR count). The standard InChI is InChI=1S/C17H17ClN2/c1-13-7-8-16-15(11-13)19-17(9-10-18)20(16)12-14-5-3-2-4-6-14/h2-8,11H,9-10,12H2,1H3. The Labute approximate surface area is 124 Å². The van der Waals surface area contributed by atoms with E-state index in [1.165, 1.54) is 16.6 Å². The SMILES string of the molecule is Cc1ccc2c(c1)nc(CCCl)n2Cc1ccccc1.